The van der Waals surface area contributed by atoms with E-state index in [1.54, 1.807) is 0 Å². The van der Waals surface area contributed by atoms with E-state index in [2.05, 4.69) is 11.3 Å². The summed E-state index contributed by atoms with van der Waals surface area (Å²) in [5.41, 5.74) is 0. The molecule has 0 aromatic heterocycles. The van der Waals surface area contributed by atoms with Crippen molar-refractivity contribution >= 4 is 5.97 Å². The van der Waals surface area contributed by atoms with Crippen LogP contribution in [0.3, 0.4) is 0 Å². The SMILES string of the molecule is C=CCCC1CCC(C2CCC3C(CCCC3C(=O)Oc3ccc(OC(F)F)c(F)c3F)C2)CC1. The summed E-state index contributed by atoms with van der Waals surface area (Å²) in [6, 6.07) is 1.82. The Labute approximate surface area is 205 Å². The van der Waals surface area contributed by atoms with Gasteiger partial charge in [-0.2, -0.15) is 17.6 Å². The molecule has 7 heteroatoms. The Kier molecular flexibility index (Phi) is 8.77. The molecule has 0 heterocycles. The predicted octanol–water partition coefficient (Wildman–Crippen LogP) is 8.08. The number of rotatable bonds is 8. The van der Waals surface area contributed by atoms with Gasteiger partial charge in [0.05, 0.1) is 5.92 Å². The predicted molar refractivity (Wildman–Crippen MR) is 125 cm³/mol. The van der Waals surface area contributed by atoms with Crippen LogP contribution in [0.15, 0.2) is 24.8 Å². The van der Waals surface area contributed by atoms with Gasteiger partial charge in [-0.15, -0.1) is 6.58 Å². The van der Waals surface area contributed by atoms with Crippen LogP contribution in [-0.2, 0) is 4.79 Å². The zero-order valence-corrected chi connectivity index (χ0v) is 20.2. The Hall–Kier alpha value is -2.05. The number of esters is 1. The number of hydrogen-bond acceptors (Lipinski definition) is 3. The van der Waals surface area contributed by atoms with E-state index >= 15 is 0 Å². The second-order valence-electron chi connectivity index (χ2n) is 10.7. The van der Waals surface area contributed by atoms with Crippen molar-refractivity contribution in [2.75, 3.05) is 0 Å². The molecule has 3 aliphatic carbocycles. The van der Waals surface area contributed by atoms with Crippen LogP contribution in [0, 0.1) is 47.1 Å². The fourth-order valence-corrected chi connectivity index (χ4v) is 6.99. The molecule has 0 spiro atoms. The van der Waals surface area contributed by atoms with Crippen molar-refractivity contribution in [1.29, 1.82) is 0 Å². The van der Waals surface area contributed by atoms with Gasteiger partial charge in [0, 0.05) is 0 Å². The summed E-state index contributed by atoms with van der Waals surface area (Å²) in [6.07, 6.45) is 15.5. The van der Waals surface area contributed by atoms with Gasteiger partial charge in [-0.3, -0.25) is 4.79 Å². The van der Waals surface area contributed by atoms with Crippen LogP contribution in [-0.4, -0.2) is 12.6 Å². The molecule has 194 valence electrons. The van der Waals surface area contributed by atoms with Crippen LogP contribution in [0.1, 0.15) is 77.0 Å². The maximum absolute atomic E-state index is 14.3. The van der Waals surface area contributed by atoms with E-state index in [0.29, 0.717) is 18.3 Å². The summed E-state index contributed by atoms with van der Waals surface area (Å²) in [5, 5.41) is 0. The Morgan fingerprint density at radius 3 is 2.34 bits per heavy atom. The summed E-state index contributed by atoms with van der Waals surface area (Å²) >= 11 is 0. The number of carbonyl (C=O) groups is 1. The van der Waals surface area contributed by atoms with Gasteiger partial charge in [-0.1, -0.05) is 31.8 Å². The summed E-state index contributed by atoms with van der Waals surface area (Å²) < 4.78 is 62.3. The van der Waals surface area contributed by atoms with Crippen molar-refractivity contribution in [2.24, 2.45) is 35.5 Å². The highest BCUT2D eigenvalue weighted by molar-refractivity contribution is 5.75. The van der Waals surface area contributed by atoms with Crippen molar-refractivity contribution in [3.8, 4) is 11.5 Å². The average Bonchev–Trinajstić information content (AvgIpc) is 2.86. The molecule has 3 aliphatic rings. The third-order valence-electron chi connectivity index (χ3n) is 8.77. The van der Waals surface area contributed by atoms with Gasteiger partial charge in [0.1, 0.15) is 0 Å². The highest BCUT2D eigenvalue weighted by Gasteiger charge is 2.43. The van der Waals surface area contributed by atoms with Crippen LogP contribution in [0.2, 0.25) is 0 Å². The minimum atomic E-state index is -3.28. The van der Waals surface area contributed by atoms with E-state index < -0.39 is 35.7 Å². The molecule has 35 heavy (non-hydrogen) atoms. The number of allylic oxidation sites excluding steroid dienone is 1. The lowest BCUT2D eigenvalue weighted by molar-refractivity contribution is -0.144. The van der Waals surface area contributed by atoms with Crippen LogP contribution in [0.5, 0.6) is 11.5 Å². The lowest BCUT2D eigenvalue weighted by Crippen LogP contribution is -2.40. The molecule has 1 aromatic carbocycles. The molecule has 1 aromatic rings. The number of fused-ring (bicyclic) bond motifs is 1. The molecule has 4 rings (SSSR count). The number of alkyl halides is 2. The quantitative estimate of drug-likeness (QED) is 0.158. The van der Waals surface area contributed by atoms with Gasteiger partial charge in [0.25, 0.3) is 0 Å². The lowest BCUT2D eigenvalue weighted by Gasteiger charge is -2.46. The molecule has 0 saturated heterocycles. The molecular weight excluding hydrogens is 460 g/mol. The van der Waals surface area contributed by atoms with E-state index in [4.69, 9.17) is 4.74 Å². The van der Waals surface area contributed by atoms with Gasteiger partial charge >= 0.3 is 12.6 Å². The summed E-state index contributed by atoms with van der Waals surface area (Å²) in [7, 11) is 0. The maximum Gasteiger partial charge on any atom is 0.387 e. The van der Waals surface area contributed by atoms with Gasteiger partial charge in [-0.05, 0) is 93.1 Å². The van der Waals surface area contributed by atoms with Gasteiger partial charge in [-0.25, -0.2) is 0 Å². The van der Waals surface area contributed by atoms with Gasteiger partial charge < -0.3 is 9.47 Å². The second kappa shape index (κ2) is 11.8. The Balaban J connectivity index is 1.34. The fourth-order valence-electron chi connectivity index (χ4n) is 6.99. The summed E-state index contributed by atoms with van der Waals surface area (Å²) in [6.45, 7) is 0.558. The highest BCUT2D eigenvalue weighted by atomic mass is 19.3. The molecule has 0 bridgehead atoms. The number of carbonyl (C=O) groups excluding carboxylic acids is 1. The smallest absolute Gasteiger partial charge is 0.387 e. The zero-order valence-electron chi connectivity index (χ0n) is 20.2. The molecular formula is C28H36F4O3. The number of ether oxygens (including phenoxy) is 2. The first-order chi connectivity index (χ1) is 16.9. The number of halogens is 4. The molecule has 0 radical (unpaired) electrons. The van der Waals surface area contributed by atoms with E-state index in [1.807, 2.05) is 6.08 Å². The topological polar surface area (TPSA) is 35.5 Å². The molecule has 4 atom stereocenters. The van der Waals surface area contributed by atoms with Crippen molar-refractivity contribution < 1.29 is 31.8 Å². The van der Waals surface area contributed by atoms with Crippen LogP contribution < -0.4 is 9.47 Å². The lowest BCUT2D eigenvalue weighted by atomic mass is 9.59. The van der Waals surface area contributed by atoms with Crippen molar-refractivity contribution in [3.05, 3.63) is 36.4 Å². The number of hydrogen-bond donors (Lipinski definition) is 0. The Morgan fingerprint density at radius 2 is 1.63 bits per heavy atom. The molecule has 0 amide bonds. The zero-order chi connectivity index (χ0) is 24.9. The first-order valence-corrected chi connectivity index (χ1v) is 13.1. The first kappa shape index (κ1) is 26.0. The van der Waals surface area contributed by atoms with Crippen molar-refractivity contribution in [1.82, 2.24) is 0 Å². The van der Waals surface area contributed by atoms with Crippen molar-refractivity contribution in [2.45, 2.75) is 83.7 Å². The molecule has 3 nitrogen and oxygen atoms in total. The van der Waals surface area contributed by atoms with Gasteiger partial charge in [0.15, 0.2) is 11.5 Å². The fraction of sp³-hybridized carbons (Fsp3) is 0.679. The van der Waals surface area contributed by atoms with E-state index in [0.717, 1.165) is 62.5 Å². The van der Waals surface area contributed by atoms with Crippen LogP contribution in [0.25, 0.3) is 0 Å². The first-order valence-electron chi connectivity index (χ1n) is 13.1. The Bertz CT molecular complexity index is 881. The Morgan fingerprint density at radius 1 is 0.943 bits per heavy atom. The van der Waals surface area contributed by atoms with Crippen molar-refractivity contribution in [3.63, 3.8) is 0 Å². The standard InChI is InChI=1S/C28H36F4O3/c1-2-3-5-17-8-10-18(11-9-17)19-12-13-21-20(16-19)6-4-7-22(21)27(33)34-23-14-15-24(35-28(31)32)26(30)25(23)29/h2,14-15,17-22,28H,1,3-13,16H2. The number of benzene rings is 1. The third-order valence-corrected chi connectivity index (χ3v) is 8.77. The molecule has 0 aliphatic heterocycles. The minimum Gasteiger partial charge on any atom is -0.432 e. The molecule has 3 fully saturated rings. The maximum atomic E-state index is 14.3. The second-order valence-corrected chi connectivity index (χ2v) is 10.7. The average molecular weight is 497 g/mol. The largest absolute Gasteiger partial charge is 0.432 e. The highest BCUT2D eigenvalue weighted by Crippen LogP contribution is 2.50. The molecule has 0 N–H and O–H groups in total. The summed E-state index contributed by atoms with van der Waals surface area (Å²) in [4.78, 5) is 13.0. The summed E-state index contributed by atoms with van der Waals surface area (Å²) in [5.74, 6) is -2.50. The van der Waals surface area contributed by atoms with E-state index in [9.17, 15) is 22.4 Å². The third kappa shape index (κ3) is 6.21. The normalized spacial score (nSPS) is 31.0. The molecule has 4 unspecified atom stereocenters. The van der Waals surface area contributed by atoms with Crippen LogP contribution >= 0.6 is 0 Å². The monoisotopic (exact) mass is 496 g/mol. The van der Waals surface area contributed by atoms with E-state index in [1.165, 1.54) is 32.1 Å². The van der Waals surface area contributed by atoms with Crippen LogP contribution in [0.4, 0.5) is 17.6 Å². The van der Waals surface area contributed by atoms with E-state index in [-0.39, 0.29) is 11.8 Å². The molecule has 3 saturated carbocycles. The van der Waals surface area contributed by atoms with Gasteiger partial charge in [0.2, 0.25) is 11.6 Å². The minimum absolute atomic E-state index is 0.200.